The number of terminal acetylenes is 1. The summed E-state index contributed by atoms with van der Waals surface area (Å²) in [4.78, 5) is 0. The molecule has 2 heteroatoms. The van der Waals surface area contributed by atoms with E-state index in [4.69, 9.17) is 11.8 Å². The zero-order valence-electron chi connectivity index (χ0n) is 14.3. The summed E-state index contributed by atoms with van der Waals surface area (Å²) in [6.45, 7) is 2.23. The van der Waals surface area contributed by atoms with Crippen LogP contribution in [0.15, 0.2) is 11.6 Å². The van der Waals surface area contributed by atoms with Crippen molar-refractivity contribution in [1.29, 1.82) is 5.41 Å². The van der Waals surface area contributed by atoms with Crippen molar-refractivity contribution in [2.75, 3.05) is 0 Å². The van der Waals surface area contributed by atoms with Crippen LogP contribution in [0.25, 0.3) is 0 Å². The number of fused-ring (bicyclic) bond motifs is 5. The van der Waals surface area contributed by atoms with Gasteiger partial charge in [0.2, 0.25) is 0 Å². The van der Waals surface area contributed by atoms with Gasteiger partial charge in [-0.1, -0.05) is 18.4 Å². The van der Waals surface area contributed by atoms with Gasteiger partial charge >= 0.3 is 0 Å². The second-order valence-corrected chi connectivity index (χ2v) is 8.45. The number of hydrogen-bond acceptors (Lipinski definition) is 2. The van der Waals surface area contributed by atoms with Crippen molar-refractivity contribution in [3.8, 4) is 12.3 Å². The van der Waals surface area contributed by atoms with Crippen LogP contribution in [0.5, 0.6) is 0 Å². The summed E-state index contributed by atoms with van der Waals surface area (Å²) in [6.07, 6.45) is 17.7. The van der Waals surface area contributed by atoms with Gasteiger partial charge in [0, 0.05) is 11.1 Å². The van der Waals surface area contributed by atoms with Gasteiger partial charge in [-0.05, 0) is 87.5 Å². The van der Waals surface area contributed by atoms with E-state index in [1.54, 1.807) is 5.57 Å². The maximum absolute atomic E-state index is 11.1. The van der Waals surface area contributed by atoms with Gasteiger partial charge in [0.05, 0.1) is 0 Å². The van der Waals surface area contributed by atoms with Crippen LogP contribution in [0, 0.1) is 46.8 Å². The predicted molar refractivity (Wildman–Crippen MR) is 93.2 cm³/mol. The molecule has 3 saturated carbocycles. The van der Waals surface area contributed by atoms with Gasteiger partial charge < -0.3 is 10.5 Å². The largest absolute Gasteiger partial charge is 0.377 e. The third kappa shape index (κ3) is 1.96. The first-order valence-electron chi connectivity index (χ1n) is 9.52. The molecule has 0 radical (unpaired) electrons. The van der Waals surface area contributed by atoms with Crippen molar-refractivity contribution in [1.82, 2.24) is 0 Å². The van der Waals surface area contributed by atoms with Gasteiger partial charge in [0.1, 0.15) is 5.60 Å². The molecule has 0 aromatic carbocycles. The lowest BCUT2D eigenvalue weighted by molar-refractivity contribution is -0.0989. The molecule has 0 aromatic heterocycles. The number of hydrogen-bond donors (Lipinski definition) is 2. The van der Waals surface area contributed by atoms with Crippen LogP contribution in [0.1, 0.15) is 64.7 Å². The SMILES string of the molecule is C#C[C@]1(O)CC[C@H]2[C@@H]3CCC4=CC(=N)CC[C@@H]4[C@H]3CC[C@@]21CC. The quantitative estimate of drug-likeness (QED) is 0.695. The Balaban J connectivity index is 1.67. The van der Waals surface area contributed by atoms with E-state index in [9.17, 15) is 5.11 Å². The van der Waals surface area contributed by atoms with E-state index in [0.717, 1.165) is 49.7 Å². The summed E-state index contributed by atoms with van der Waals surface area (Å²) in [5, 5.41) is 19.1. The smallest absolute Gasteiger partial charge is 0.131 e. The van der Waals surface area contributed by atoms with Gasteiger partial charge in [-0.25, -0.2) is 0 Å². The number of allylic oxidation sites excluding steroid dienone is 2. The van der Waals surface area contributed by atoms with Crippen LogP contribution in [-0.4, -0.2) is 16.4 Å². The van der Waals surface area contributed by atoms with Gasteiger partial charge in [-0.3, -0.25) is 0 Å². The number of aliphatic hydroxyl groups is 1. The molecule has 2 nitrogen and oxygen atoms in total. The average Bonchev–Trinajstić information content (AvgIpc) is 2.88. The molecular weight excluding hydrogens is 282 g/mol. The normalized spacial score (nSPS) is 48.7. The summed E-state index contributed by atoms with van der Waals surface area (Å²) in [5.74, 6) is 5.63. The molecule has 4 aliphatic rings. The molecule has 0 saturated heterocycles. The first-order valence-corrected chi connectivity index (χ1v) is 9.52. The molecule has 0 aromatic rings. The Morgan fingerprint density at radius 1 is 1.22 bits per heavy atom. The van der Waals surface area contributed by atoms with Crippen LogP contribution >= 0.6 is 0 Å². The van der Waals surface area contributed by atoms with Crippen LogP contribution in [0.4, 0.5) is 0 Å². The molecule has 124 valence electrons. The highest BCUT2D eigenvalue weighted by Crippen LogP contribution is 2.66. The first kappa shape index (κ1) is 15.5. The van der Waals surface area contributed by atoms with E-state index >= 15 is 0 Å². The molecule has 0 unspecified atom stereocenters. The van der Waals surface area contributed by atoms with Crippen LogP contribution in [-0.2, 0) is 0 Å². The van der Waals surface area contributed by atoms with Crippen molar-refractivity contribution >= 4 is 5.71 Å². The fourth-order valence-corrected chi connectivity index (χ4v) is 6.99. The average molecular weight is 311 g/mol. The van der Waals surface area contributed by atoms with Crippen LogP contribution < -0.4 is 0 Å². The second kappa shape index (κ2) is 5.21. The fraction of sp³-hybridized carbons (Fsp3) is 0.762. The summed E-state index contributed by atoms with van der Waals surface area (Å²) in [6, 6.07) is 0. The van der Waals surface area contributed by atoms with Gasteiger partial charge in [-0.15, -0.1) is 6.42 Å². The summed E-state index contributed by atoms with van der Waals surface area (Å²) < 4.78 is 0. The van der Waals surface area contributed by atoms with E-state index in [2.05, 4.69) is 18.9 Å². The maximum atomic E-state index is 11.1. The van der Waals surface area contributed by atoms with Crippen molar-refractivity contribution in [3.63, 3.8) is 0 Å². The summed E-state index contributed by atoms with van der Waals surface area (Å²) in [7, 11) is 0. The molecule has 23 heavy (non-hydrogen) atoms. The molecule has 0 heterocycles. The Morgan fingerprint density at radius 2 is 2.04 bits per heavy atom. The third-order valence-electron chi connectivity index (χ3n) is 8.05. The van der Waals surface area contributed by atoms with Gasteiger partial charge in [0.15, 0.2) is 0 Å². The molecule has 4 rings (SSSR count). The number of rotatable bonds is 1. The standard InChI is InChI=1S/C21H29NO/c1-3-20-11-9-17-16-8-6-15(22)13-14(16)5-7-18(17)19(20)10-12-21(20,23)4-2/h2,13,16-19,22-23H,3,5-12H2,1H3/t16-,17+,18+,19-,20-,21-/m0/s1. The minimum Gasteiger partial charge on any atom is -0.377 e. The van der Waals surface area contributed by atoms with Gasteiger partial charge in [0.25, 0.3) is 0 Å². The first-order chi connectivity index (χ1) is 11.0. The van der Waals surface area contributed by atoms with E-state index in [-0.39, 0.29) is 5.41 Å². The van der Waals surface area contributed by atoms with Crippen molar-refractivity contribution in [2.45, 2.75) is 70.3 Å². The maximum Gasteiger partial charge on any atom is 0.131 e. The lowest BCUT2D eigenvalue weighted by Gasteiger charge is -2.56. The van der Waals surface area contributed by atoms with Crippen molar-refractivity contribution in [3.05, 3.63) is 11.6 Å². The number of nitrogens with one attached hydrogen (secondary N) is 1. The Hall–Kier alpha value is -1.07. The van der Waals surface area contributed by atoms with E-state index in [1.807, 2.05) is 0 Å². The highest BCUT2D eigenvalue weighted by molar-refractivity contribution is 5.93. The monoisotopic (exact) mass is 311 g/mol. The highest BCUT2D eigenvalue weighted by atomic mass is 16.3. The Labute approximate surface area is 140 Å². The Bertz CT molecular complexity index is 599. The topological polar surface area (TPSA) is 44.1 Å². The van der Waals surface area contributed by atoms with E-state index in [1.165, 1.54) is 25.7 Å². The second-order valence-electron chi connectivity index (χ2n) is 8.45. The van der Waals surface area contributed by atoms with Crippen molar-refractivity contribution in [2.24, 2.45) is 29.1 Å². The molecule has 0 bridgehead atoms. The molecule has 0 aliphatic heterocycles. The molecular formula is C21H29NO. The molecule has 0 spiro atoms. The van der Waals surface area contributed by atoms with E-state index < -0.39 is 5.60 Å². The summed E-state index contributed by atoms with van der Waals surface area (Å²) >= 11 is 0. The van der Waals surface area contributed by atoms with E-state index in [0.29, 0.717) is 11.8 Å². The van der Waals surface area contributed by atoms with Crippen molar-refractivity contribution < 1.29 is 5.11 Å². The zero-order valence-corrected chi connectivity index (χ0v) is 14.3. The van der Waals surface area contributed by atoms with Crippen LogP contribution in [0.2, 0.25) is 0 Å². The zero-order chi connectivity index (χ0) is 16.2. The molecule has 6 atom stereocenters. The molecule has 3 fully saturated rings. The fourth-order valence-electron chi connectivity index (χ4n) is 6.99. The van der Waals surface area contributed by atoms with Gasteiger partial charge in [-0.2, -0.15) is 0 Å². The van der Waals surface area contributed by atoms with Crippen LogP contribution in [0.3, 0.4) is 0 Å². The minimum atomic E-state index is -0.873. The lowest BCUT2D eigenvalue weighted by Crippen LogP contribution is -2.53. The predicted octanol–water partition coefficient (Wildman–Crippen LogP) is 4.33. The third-order valence-corrected chi connectivity index (χ3v) is 8.05. The summed E-state index contributed by atoms with van der Waals surface area (Å²) in [5.41, 5.74) is 1.47. The minimum absolute atomic E-state index is 0.0362. The molecule has 0 amide bonds. The lowest BCUT2D eigenvalue weighted by atomic mass is 9.49. The molecule has 2 N–H and O–H groups in total. The highest BCUT2D eigenvalue weighted by Gasteiger charge is 2.63. The Morgan fingerprint density at radius 3 is 2.78 bits per heavy atom. The Kier molecular flexibility index (Phi) is 3.50. The molecule has 4 aliphatic carbocycles.